The van der Waals surface area contributed by atoms with E-state index < -0.39 is 0 Å². The lowest BCUT2D eigenvalue weighted by atomic mass is 10.1. The molecule has 0 saturated heterocycles. The van der Waals surface area contributed by atoms with Gasteiger partial charge in [0.25, 0.3) is 0 Å². The first-order chi connectivity index (χ1) is 9.74. The Bertz CT molecular complexity index is 416. The van der Waals surface area contributed by atoms with Gasteiger partial charge in [-0.1, -0.05) is 18.9 Å². The Kier molecular flexibility index (Phi) is 5.83. The van der Waals surface area contributed by atoms with Gasteiger partial charge < -0.3 is 9.47 Å². The zero-order chi connectivity index (χ0) is 14.4. The molecular weight excluding hydrogens is 254 g/mol. The molecule has 112 valence electrons. The van der Waals surface area contributed by atoms with Gasteiger partial charge in [-0.05, 0) is 37.5 Å². The maximum Gasteiger partial charge on any atom is 0.124 e. The second-order valence-corrected chi connectivity index (χ2v) is 5.37. The number of rotatable bonds is 7. The smallest absolute Gasteiger partial charge is 0.124 e. The van der Waals surface area contributed by atoms with E-state index in [4.69, 9.17) is 14.3 Å². The van der Waals surface area contributed by atoms with E-state index in [1.54, 1.807) is 14.2 Å². The van der Waals surface area contributed by atoms with Gasteiger partial charge >= 0.3 is 0 Å². The summed E-state index contributed by atoms with van der Waals surface area (Å²) in [5.74, 6) is 0.861. The minimum atomic E-state index is 0.150. The van der Waals surface area contributed by atoms with Gasteiger partial charge in [-0.15, -0.1) is 0 Å². The molecule has 1 aromatic rings. The highest BCUT2D eigenvalue weighted by Crippen LogP contribution is 2.25. The Labute approximate surface area is 121 Å². The third-order valence-corrected chi connectivity index (χ3v) is 3.82. The van der Waals surface area contributed by atoms with Crippen LogP contribution in [-0.2, 0) is 16.2 Å². The van der Waals surface area contributed by atoms with Crippen LogP contribution in [0.3, 0.4) is 0 Å². The van der Waals surface area contributed by atoms with E-state index in [1.165, 1.54) is 18.4 Å². The molecule has 4 heteroatoms. The first-order valence-electron chi connectivity index (χ1n) is 7.31. The van der Waals surface area contributed by atoms with Crippen molar-refractivity contribution in [2.24, 2.45) is 0 Å². The quantitative estimate of drug-likeness (QED) is 0.777. The van der Waals surface area contributed by atoms with Crippen molar-refractivity contribution in [1.29, 1.82) is 0 Å². The first kappa shape index (κ1) is 15.3. The van der Waals surface area contributed by atoms with Crippen molar-refractivity contribution in [3.8, 4) is 5.75 Å². The summed E-state index contributed by atoms with van der Waals surface area (Å²) in [4.78, 5) is 5.76. The Morgan fingerprint density at radius 3 is 2.65 bits per heavy atom. The summed E-state index contributed by atoms with van der Waals surface area (Å²) in [6.07, 6.45) is 5.26. The van der Waals surface area contributed by atoms with E-state index in [0.29, 0.717) is 12.7 Å². The van der Waals surface area contributed by atoms with Crippen LogP contribution in [0.1, 0.15) is 49.8 Å². The van der Waals surface area contributed by atoms with Crippen LogP contribution in [0.5, 0.6) is 5.75 Å². The molecule has 1 unspecified atom stereocenters. The summed E-state index contributed by atoms with van der Waals surface area (Å²) in [6, 6.07) is 6.31. The fourth-order valence-electron chi connectivity index (χ4n) is 2.61. The second kappa shape index (κ2) is 7.62. The molecule has 0 aliphatic heterocycles. The summed E-state index contributed by atoms with van der Waals surface area (Å²) >= 11 is 0. The minimum Gasteiger partial charge on any atom is -0.496 e. The van der Waals surface area contributed by atoms with Crippen molar-refractivity contribution in [3.63, 3.8) is 0 Å². The van der Waals surface area contributed by atoms with E-state index in [0.717, 1.165) is 24.2 Å². The zero-order valence-corrected chi connectivity index (χ0v) is 12.6. The maximum atomic E-state index is 5.76. The van der Waals surface area contributed by atoms with Gasteiger partial charge in [-0.25, -0.2) is 0 Å². The molecule has 0 spiro atoms. The fraction of sp³-hybridized carbons (Fsp3) is 0.625. The SMILES string of the molecule is COCc1cc(C(C)NOC2CCCC2)ccc1OC. The Morgan fingerprint density at radius 2 is 2.00 bits per heavy atom. The van der Waals surface area contributed by atoms with Crippen molar-refractivity contribution in [1.82, 2.24) is 5.48 Å². The lowest BCUT2D eigenvalue weighted by Crippen LogP contribution is -2.24. The van der Waals surface area contributed by atoms with Crippen LogP contribution in [-0.4, -0.2) is 20.3 Å². The van der Waals surface area contributed by atoms with E-state index in [1.807, 2.05) is 6.07 Å². The number of benzene rings is 1. The summed E-state index contributed by atoms with van der Waals surface area (Å²) in [6.45, 7) is 2.65. The molecule has 0 heterocycles. The predicted octanol–water partition coefficient (Wildman–Crippen LogP) is 3.37. The molecule has 1 aliphatic carbocycles. The van der Waals surface area contributed by atoms with Crippen molar-refractivity contribution in [2.75, 3.05) is 14.2 Å². The number of hydrogen-bond acceptors (Lipinski definition) is 4. The van der Waals surface area contributed by atoms with Gasteiger partial charge in [-0.3, -0.25) is 4.84 Å². The third kappa shape index (κ3) is 3.95. The van der Waals surface area contributed by atoms with Crippen LogP contribution in [0, 0.1) is 0 Å². The highest BCUT2D eigenvalue weighted by Gasteiger charge is 2.17. The molecule has 1 atom stereocenters. The number of methoxy groups -OCH3 is 2. The van der Waals surface area contributed by atoms with Gasteiger partial charge in [0.2, 0.25) is 0 Å². The third-order valence-electron chi connectivity index (χ3n) is 3.82. The molecular formula is C16H25NO3. The van der Waals surface area contributed by atoms with Gasteiger partial charge in [0.1, 0.15) is 5.75 Å². The number of ether oxygens (including phenoxy) is 2. The monoisotopic (exact) mass is 279 g/mol. The minimum absolute atomic E-state index is 0.150. The molecule has 0 radical (unpaired) electrons. The topological polar surface area (TPSA) is 39.7 Å². The predicted molar refractivity (Wildman–Crippen MR) is 78.6 cm³/mol. The standard InChI is InChI=1S/C16H25NO3/c1-12(17-20-15-6-4-5-7-15)13-8-9-16(19-3)14(10-13)11-18-2/h8-10,12,15,17H,4-7,11H2,1-3H3. The van der Waals surface area contributed by atoms with E-state index >= 15 is 0 Å². The Morgan fingerprint density at radius 1 is 1.25 bits per heavy atom. The lowest BCUT2D eigenvalue weighted by molar-refractivity contribution is -0.0377. The highest BCUT2D eigenvalue weighted by molar-refractivity contribution is 5.37. The van der Waals surface area contributed by atoms with E-state index in [2.05, 4.69) is 24.5 Å². The Balaban J connectivity index is 1.97. The van der Waals surface area contributed by atoms with Crippen LogP contribution in [0.25, 0.3) is 0 Å². The second-order valence-electron chi connectivity index (χ2n) is 5.37. The molecule has 2 rings (SSSR count). The summed E-state index contributed by atoms with van der Waals surface area (Å²) in [5.41, 5.74) is 5.40. The molecule has 1 aromatic carbocycles. The molecule has 1 N–H and O–H groups in total. The number of hydrogen-bond donors (Lipinski definition) is 1. The lowest BCUT2D eigenvalue weighted by Gasteiger charge is -2.19. The van der Waals surface area contributed by atoms with Crippen molar-refractivity contribution in [2.45, 2.75) is 51.4 Å². The van der Waals surface area contributed by atoms with Crippen LogP contribution < -0.4 is 10.2 Å². The summed E-state index contributed by atoms with van der Waals surface area (Å²) < 4.78 is 10.6. The molecule has 1 fully saturated rings. The van der Waals surface area contributed by atoms with Gasteiger partial charge in [0.05, 0.1) is 25.9 Å². The van der Waals surface area contributed by atoms with Gasteiger partial charge in [0.15, 0.2) is 0 Å². The summed E-state index contributed by atoms with van der Waals surface area (Å²) in [5, 5.41) is 0. The summed E-state index contributed by atoms with van der Waals surface area (Å²) in [7, 11) is 3.37. The van der Waals surface area contributed by atoms with Crippen molar-refractivity contribution < 1.29 is 14.3 Å². The zero-order valence-electron chi connectivity index (χ0n) is 12.6. The van der Waals surface area contributed by atoms with E-state index in [-0.39, 0.29) is 6.04 Å². The van der Waals surface area contributed by atoms with Crippen LogP contribution in [0.15, 0.2) is 18.2 Å². The maximum absolute atomic E-state index is 5.76. The van der Waals surface area contributed by atoms with Gasteiger partial charge in [-0.2, -0.15) is 5.48 Å². The van der Waals surface area contributed by atoms with Crippen LogP contribution in [0.2, 0.25) is 0 Å². The molecule has 0 amide bonds. The molecule has 1 saturated carbocycles. The average Bonchev–Trinajstić information content (AvgIpc) is 2.98. The normalized spacial score (nSPS) is 17.4. The highest BCUT2D eigenvalue weighted by atomic mass is 16.7. The molecule has 4 nitrogen and oxygen atoms in total. The van der Waals surface area contributed by atoms with Crippen LogP contribution >= 0.6 is 0 Å². The molecule has 20 heavy (non-hydrogen) atoms. The Hall–Kier alpha value is -1.10. The van der Waals surface area contributed by atoms with Crippen molar-refractivity contribution >= 4 is 0 Å². The molecule has 0 aromatic heterocycles. The fourth-order valence-corrected chi connectivity index (χ4v) is 2.61. The first-order valence-corrected chi connectivity index (χ1v) is 7.31. The molecule has 0 bridgehead atoms. The largest absolute Gasteiger partial charge is 0.496 e. The molecule has 1 aliphatic rings. The number of nitrogens with one attached hydrogen (secondary N) is 1. The van der Waals surface area contributed by atoms with E-state index in [9.17, 15) is 0 Å². The van der Waals surface area contributed by atoms with Crippen LogP contribution in [0.4, 0.5) is 0 Å². The average molecular weight is 279 g/mol. The number of hydroxylamine groups is 1. The van der Waals surface area contributed by atoms with Gasteiger partial charge in [0, 0.05) is 12.7 Å². The van der Waals surface area contributed by atoms with Crippen molar-refractivity contribution in [3.05, 3.63) is 29.3 Å².